The van der Waals surface area contributed by atoms with Crippen molar-refractivity contribution in [1.82, 2.24) is 4.57 Å². The van der Waals surface area contributed by atoms with E-state index in [2.05, 4.69) is 90.6 Å². The van der Waals surface area contributed by atoms with E-state index in [4.69, 9.17) is 0 Å². The van der Waals surface area contributed by atoms with E-state index in [1.807, 2.05) is 6.07 Å². The average Bonchev–Trinajstić information content (AvgIpc) is 2.97. The number of fused-ring (bicyclic) bond motifs is 1. The Kier molecular flexibility index (Phi) is 3.05. The first-order valence-electron chi connectivity index (χ1n) is 7.53. The standard InChI is InChI=1S/C21H17N/c1-22-15-14-19-8-5-9-20(21(19)22)18-12-10-17(11-13-18)16-6-3-2-4-7-16/h2-15H,1H3. The van der Waals surface area contributed by atoms with Crippen LogP contribution in [0.4, 0.5) is 0 Å². The summed E-state index contributed by atoms with van der Waals surface area (Å²) >= 11 is 0. The number of benzene rings is 3. The molecule has 0 N–H and O–H groups in total. The van der Waals surface area contributed by atoms with E-state index in [1.54, 1.807) is 0 Å². The zero-order chi connectivity index (χ0) is 14.9. The molecule has 1 nitrogen and oxygen atoms in total. The molecule has 106 valence electrons. The molecule has 0 aliphatic carbocycles. The van der Waals surface area contributed by atoms with Crippen LogP contribution in [0.3, 0.4) is 0 Å². The van der Waals surface area contributed by atoms with Crippen LogP contribution >= 0.6 is 0 Å². The summed E-state index contributed by atoms with van der Waals surface area (Å²) in [5.74, 6) is 0. The highest BCUT2D eigenvalue weighted by atomic mass is 14.9. The van der Waals surface area contributed by atoms with Gasteiger partial charge >= 0.3 is 0 Å². The fourth-order valence-electron chi connectivity index (χ4n) is 3.06. The molecule has 0 radical (unpaired) electrons. The molecule has 0 bridgehead atoms. The fraction of sp³-hybridized carbons (Fsp3) is 0.0476. The van der Waals surface area contributed by atoms with E-state index in [-0.39, 0.29) is 0 Å². The number of rotatable bonds is 2. The van der Waals surface area contributed by atoms with Crippen LogP contribution in [0.1, 0.15) is 0 Å². The molecule has 0 atom stereocenters. The van der Waals surface area contributed by atoms with Crippen molar-refractivity contribution in [3.63, 3.8) is 0 Å². The van der Waals surface area contributed by atoms with Crippen molar-refractivity contribution in [2.24, 2.45) is 7.05 Å². The summed E-state index contributed by atoms with van der Waals surface area (Å²) in [6.45, 7) is 0. The Morgan fingerprint density at radius 3 is 2.05 bits per heavy atom. The van der Waals surface area contributed by atoms with Crippen molar-refractivity contribution in [2.45, 2.75) is 0 Å². The first-order chi connectivity index (χ1) is 10.8. The second-order valence-electron chi connectivity index (χ2n) is 5.61. The first-order valence-corrected chi connectivity index (χ1v) is 7.53. The number of para-hydroxylation sites is 1. The van der Waals surface area contributed by atoms with Gasteiger partial charge in [0.25, 0.3) is 0 Å². The molecule has 0 aliphatic rings. The quantitative estimate of drug-likeness (QED) is 0.457. The highest BCUT2D eigenvalue weighted by Crippen LogP contribution is 2.30. The van der Waals surface area contributed by atoms with Crippen LogP contribution in [0, 0.1) is 0 Å². The molecular formula is C21H17N. The third kappa shape index (κ3) is 2.11. The predicted molar refractivity (Wildman–Crippen MR) is 93.8 cm³/mol. The molecule has 0 saturated heterocycles. The summed E-state index contributed by atoms with van der Waals surface area (Å²) in [6.07, 6.45) is 2.12. The molecule has 0 unspecified atom stereocenters. The highest BCUT2D eigenvalue weighted by molar-refractivity contribution is 5.95. The zero-order valence-electron chi connectivity index (χ0n) is 12.5. The number of nitrogens with zero attached hydrogens (tertiary/aromatic N) is 1. The number of hydrogen-bond donors (Lipinski definition) is 0. The second-order valence-corrected chi connectivity index (χ2v) is 5.61. The van der Waals surface area contributed by atoms with Gasteiger partial charge in [-0.2, -0.15) is 0 Å². The lowest BCUT2D eigenvalue weighted by Gasteiger charge is -2.08. The first kappa shape index (κ1) is 12.9. The Morgan fingerprint density at radius 1 is 0.591 bits per heavy atom. The third-order valence-electron chi connectivity index (χ3n) is 4.20. The smallest absolute Gasteiger partial charge is 0.0557 e. The van der Waals surface area contributed by atoms with Crippen molar-refractivity contribution in [2.75, 3.05) is 0 Å². The molecule has 4 rings (SSSR count). The summed E-state index contributed by atoms with van der Waals surface area (Å²) in [5.41, 5.74) is 6.33. The van der Waals surface area contributed by atoms with Gasteiger partial charge < -0.3 is 4.57 Å². The van der Waals surface area contributed by atoms with Crippen LogP contribution in [0.2, 0.25) is 0 Å². The minimum atomic E-state index is 1.25. The van der Waals surface area contributed by atoms with Gasteiger partial charge in [0.05, 0.1) is 5.52 Å². The summed E-state index contributed by atoms with van der Waals surface area (Å²) in [5, 5.41) is 1.28. The Hall–Kier alpha value is -2.80. The van der Waals surface area contributed by atoms with Crippen molar-refractivity contribution in [3.05, 3.63) is 85.1 Å². The lowest BCUT2D eigenvalue weighted by atomic mass is 9.99. The summed E-state index contributed by atoms with van der Waals surface area (Å²) in [6, 6.07) is 28.0. The van der Waals surface area contributed by atoms with Gasteiger partial charge in [0, 0.05) is 24.2 Å². The lowest BCUT2D eigenvalue weighted by molar-refractivity contribution is 0.970. The van der Waals surface area contributed by atoms with Crippen LogP contribution in [-0.2, 0) is 7.05 Å². The van der Waals surface area contributed by atoms with E-state index in [0.29, 0.717) is 0 Å². The van der Waals surface area contributed by atoms with Crippen LogP contribution in [0.25, 0.3) is 33.2 Å². The topological polar surface area (TPSA) is 4.93 Å². The predicted octanol–water partition coefficient (Wildman–Crippen LogP) is 5.51. The van der Waals surface area contributed by atoms with E-state index in [1.165, 1.54) is 33.2 Å². The van der Waals surface area contributed by atoms with Crippen molar-refractivity contribution in [3.8, 4) is 22.3 Å². The number of aromatic nitrogens is 1. The fourth-order valence-corrected chi connectivity index (χ4v) is 3.06. The monoisotopic (exact) mass is 283 g/mol. The Morgan fingerprint density at radius 2 is 1.27 bits per heavy atom. The van der Waals surface area contributed by atoms with Crippen molar-refractivity contribution < 1.29 is 0 Å². The van der Waals surface area contributed by atoms with Crippen LogP contribution in [0.5, 0.6) is 0 Å². The Balaban J connectivity index is 1.81. The SMILES string of the molecule is Cn1ccc2cccc(-c3ccc(-c4ccccc4)cc3)c21. The molecule has 0 saturated carbocycles. The van der Waals surface area contributed by atoms with Crippen LogP contribution in [-0.4, -0.2) is 4.57 Å². The van der Waals surface area contributed by atoms with E-state index < -0.39 is 0 Å². The largest absolute Gasteiger partial charge is 0.350 e. The summed E-state index contributed by atoms with van der Waals surface area (Å²) < 4.78 is 2.19. The van der Waals surface area contributed by atoms with Gasteiger partial charge in [0.15, 0.2) is 0 Å². The lowest BCUT2D eigenvalue weighted by Crippen LogP contribution is -1.88. The molecule has 0 amide bonds. The molecule has 4 aromatic rings. The van der Waals surface area contributed by atoms with Gasteiger partial charge in [-0.05, 0) is 22.8 Å². The van der Waals surface area contributed by atoms with E-state index in [9.17, 15) is 0 Å². The van der Waals surface area contributed by atoms with Gasteiger partial charge in [0.2, 0.25) is 0 Å². The molecule has 1 aromatic heterocycles. The van der Waals surface area contributed by atoms with Crippen molar-refractivity contribution in [1.29, 1.82) is 0 Å². The second kappa shape index (κ2) is 5.19. The normalized spacial score (nSPS) is 11.0. The molecule has 1 heterocycles. The number of hydrogen-bond acceptors (Lipinski definition) is 0. The Bertz CT molecular complexity index is 915. The molecule has 0 aliphatic heterocycles. The molecule has 0 fully saturated rings. The highest BCUT2D eigenvalue weighted by Gasteiger charge is 2.07. The van der Waals surface area contributed by atoms with Gasteiger partial charge in [-0.1, -0.05) is 72.8 Å². The van der Waals surface area contributed by atoms with Gasteiger partial charge in [0.1, 0.15) is 0 Å². The molecule has 1 heteroatoms. The minimum absolute atomic E-state index is 1.25. The zero-order valence-corrected chi connectivity index (χ0v) is 12.5. The molecule has 3 aromatic carbocycles. The maximum atomic E-state index is 2.21. The summed E-state index contributed by atoms with van der Waals surface area (Å²) in [7, 11) is 2.10. The maximum absolute atomic E-state index is 2.21. The maximum Gasteiger partial charge on any atom is 0.0557 e. The average molecular weight is 283 g/mol. The van der Waals surface area contributed by atoms with E-state index in [0.717, 1.165) is 0 Å². The van der Waals surface area contributed by atoms with Crippen molar-refractivity contribution >= 4 is 10.9 Å². The van der Waals surface area contributed by atoms with Crippen LogP contribution in [0.15, 0.2) is 85.1 Å². The molecular weight excluding hydrogens is 266 g/mol. The Labute approximate surface area is 130 Å². The molecule has 0 spiro atoms. The minimum Gasteiger partial charge on any atom is -0.350 e. The number of aryl methyl sites for hydroxylation is 1. The molecule has 22 heavy (non-hydrogen) atoms. The van der Waals surface area contributed by atoms with E-state index >= 15 is 0 Å². The third-order valence-corrected chi connectivity index (χ3v) is 4.20. The van der Waals surface area contributed by atoms with Gasteiger partial charge in [-0.25, -0.2) is 0 Å². The van der Waals surface area contributed by atoms with Gasteiger partial charge in [-0.15, -0.1) is 0 Å². The van der Waals surface area contributed by atoms with Gasteiger partial charge in [-0.3, -0.25) is 0 Å². The summed E-state index contributed by atoms with van der Waals surface area (Å²) in [4.78, 5) is 0. The van der Waals surface area contributed by atoms with Crippen LogP contribution < -0.4 is 0 Å².